The summed E-state index contributed by atoms with van der Waals surface area (Å²) in [5, 5.41) is 21.1. The van der Waals surface area contributed by atoms with Gasteiger partial charge in [-0.05, 0) is 36.4 Å². The second-order valence-corrected chi connectivity index (χ2v) is 4.17. The van der Waals surface area contributed by atoms with Crippen LogP contribution < -0.4 is 11.1 Å². The average molecular weight is 276 g/mol. The van der Waals surface area contributed by atoms with Gasteiger partial charge in [0.1, 0.15) is 5.82 Å². The number of nitrogens with two attached hydrogens (primary N) is 1. The maximum Gasteiger partial charge on any atom is 0.255 e. The lowest BCUT2D eigenvalue weighted by Crippen LogP contribution is -2.12. The first-order chi connectivity index (χ1) is 9.51. The molecule has 5 N–H and O–H groups in total. The molecule has 2 rings (SSSR count). The van der Waals surface area contributed by atoms with Crippen LogP contribution in [0.1, 0.15) is 15.9 Å². The van der Waals surface area contributed by atoms with Gasteiger partial charge in [-0.1, -0.05) is 0 Å². The number of benzene rings is 2. The number of hydrogen-bond donors (Lipinski definition) is 4. The van der Waals surface area contributed by atoms with E-state index in [1.807, 2.05) is 0 Å². The van der Waals surface area contributed by atoms with Crippen LogP contribution in [0.5, 0.6) is 11.5 Å². The Balaban J connectivity index is 2.21. The number of hydrogen-bond acceptors (Lipinski definition) is 4. The third kappa shape index (κ3) is 2.86. The number of carbonyl (C=O) groups is 1. The molecule has 0 heterocycles. The Kier molecular flexibility index (Phi) is 3.86. The smallest absolute Gasteiger partial charge is 0.255 e. The number of phenolic OH excluding ortho intramolecular Hbond substituents is 2. The number of carbonyl (C=O) groups excluding carboxylic acids is 1. The highest BCUT2D eigenvalue weighted by atomic mass is 19.1. The Labute approximate surface area is 114 Å². The van der Waals surface area contributed by atoms with Crippen molar-refractivity contribution < 1.29 is 19.4 Å². The fourth-order valence-electron chi connectivity index (χ4n) is 1.68. The molecule has 0 aliphatic heterocycles. The first-order valence-electron chi connectivity index (χ1n) is 5.83. The van der Waals surface area contributed by atoms with Gasteiger partial charge in [-0.2, -0.15) is 0 Å². The summed E-state index contributed by atoms with van der Waals surface area (Å²) in [6.07, 6.45) is 0. The number of rotatable bonds is 3. The zero-order valence-corrected chi connectivity index (χ0v) is 10.4. The molecule has 0 atom stereocenters. The third-order valence-electron chi connectivity index (χ3n) is 2.76. The second-order valence-electron chi connectivity index (χ2n) is 4.17. The van der Waals surface area contributed by atoms with Crippen LogP contribution in [-0.2, 0) is 6.54 Å². The van der Waals surface area contributed by atoms with Crippen LogP contribution in [-0.4, -0.2) is 16.1 Å². The Hall–Kier alpha value is -2.60. The number of anilines is 1. The minimum absolute atomic E-state index is 0.0234. The normalized spacial score (nSPS) is 10.3. The zero-order valence-electron chi connectivity index (χ0n) is 10.4. The van der Waals surface area contributed by atoms with E-state index in [9.17, 15) is 19.4 Å². The summed E-state index contributed by atoms with van der Waals surface area (Å²) in [7, 11) is 0. The Morgan fingerprint density at radius 1 is 1.15 bits per heavy atom. The maximum absolute atomic E-state index is 13.3. The molecule has 2 aromatic carbocycles. The van der Waals surface area contributed by atoms with Crippen molar-refractivity contribution in [2.24, 2.45) is 5.73 Å². The van der Waals surface area contributed by atoms with Crippen LogP contribution in [0.25, 0.3) is 0 Å². The van der Waals surface area contributed by atoms with Crippen LogP contribution in [0.4, 0.5) is 10.1 Å². The summed E-state index contributed by atoms with van der Waals surface area (Å²) in [4.78, 5) is 11.9. The van der Waals surface area contributed by atoms with Gasteiger partial charge in [0.15, 0.2) is 11.5 Å². The molecular formula is C14H13FN2O3. The largest absolute Gasteiger partial charge is 0.504 e. The monoisotopic (exact) mass is 276 g/mol. The summed E-state index contributed by atoms with van der Waals surface area (Å²) in [5.74, 6) is -1.63. The van der Waals surface area contributed by atoms with Crippen molar-refractivity contribution in [1.82, 2.24) is 0 Å². The summed E-state index contributed by atoms with van der Waals surface area (Å²) < 4.78 is 13.3. The molecule has 0 aliphatic carbocycles. The molecular weight excluding hydrogens is 263 g/mol. The van der Waals surface area contributed by atoms with E-state index in [1.165, 1.54) is 30.3 Å². The number of halogens is 1. The summed E-state index contributed by atoms with van der Waals surface area (Å²) in [5.41, 5.74) is 6.23. The van der Waals surface area contributed by atoms with E-state index in [2.05, 4.69) is 5.32 Å². The first kappa shape index (κ1) is 13.8. The van der Waals surface area contributed by atoms with Crippen molar-refractivity contribution in [2.45, 2.75) is 6.54 Å². The second kappa shape index (κ2) is 5.58. The van der Waals surface area contributed by atoms with Gasteiger partial charge in [-0.3, -0.25) is 4.79 Å². The van der Waals surface area contributed by atoms with Crippen LogP contribution >= 0.6 is 0 Å². The summed E-state index contributed by atoms with van der Waals surface area (Å²) in [6, 6.07) is 7.77. The molecule has 20 heavy (non-hydrogen) atoms. The number of aromatic hydroxyl groups is 2. The van der Waals surface area contributed by atoms with Gasteiger partial charge in [0.25, 0.3) is 5.91 Å². The lowest BCUT2D eigenvalue weighted by molar-refractivity contribution is 0.102. The van der Waals surface area contributed by atoms with Crippen molar-refractivity contribution in [1.29, 1.82) is 0 Å². The van der Waals surface area contributed by atoms with Crippen LogP contribution in [0.15, 0.2) is 36.4 Å². The van der Waals surface area contributed by atoms with E-state index in [-0.39, 0.29) is 29.2 Å². The van der Waals surface area contributed by atoms with Gasteiger partial charge in [-0.15, -0.1) is 0 Å². The molecule has 0 bridgehead atoms. The first-order valence-corrected chi connectivity index (χ1v) is 5.83. The van der Waals surface area contributed by atoms with Crippen LogP contribution in [0.3, 0.4) is 0 Å². The van der Waals surface area contributed by atoms with Crippen molar-refractivity contribution in [2.75, 3.05) is 5.32 Å². The predicted molar refractivity (Wildman–Crippen MR) is 72.0 cm³/mol. The van der Waals surface area contributed by atoms with Gasteiger partial charge in [0.05, 0.1) is 0 Å². The molecule has 0 saturated carbocycles. The van der Waals surface area contributed by atoms with Gasteiger partial charge in [0.2, 0.25) is 0 Å². The fourth-order valence-corrected chi connectivity index (χ4v) is 1.68. The molecule has 0 fully saturated rings. The number of amides is 1. The number of phenols is 2. The molecule has 6 heteroatoms. The van der Waals surface area contributed by atoms with Crippen LogP contribution in [0, 0.1) is 5.82 Å². The Bertz CT molecular complexity index is 659. The van der Waals surface area contributed by atoms with Crippen molar-refractivity contribution in [3.63, 3.8) is 0 Å². The standard InChI is InChI=1S/C14H13FN2O3/c15-11-3-2-10(5-9(11)7-16)17-14(20)8-1-4-12(18)13(19)6-8/h1-6,18-19H,7,16H2,(H,17,20). The average Bonchev–Trinajstić information content (AvgIpc) is 2.43. The molecule has 0 aromatic heterocycles. The number of nitrogens with one attached hydrogen (secondary N) is 1. The molecule has 0 radical (unpaired) electrons. The molecule has 0 unspecified atom stereocenters. The lowest BCUT2D eigenvalue weighted by atomic mass is 10.1. The highest BCUT2D eigenvalue weighted by Gasteiger charge is 2.10. The molecule has 104 valence electrons. The van der Waals surface area contributed by atoms with E-state index in [0.717, 1.165) is 6.07 Å². The minimum atomic E-state index is -0.491. The van der Waals surface area contributed by atoms with E-state index >= 15 is 0 Å². The molecule has 5 nitrogen and oxygen atoms in total. The SMILES string of the molecule is NCc1cc(NC(=O)c2ccc(O)c(O)c2)ccc1F. The molecule has 1 amide bonds. The highest BCUT2D eigenvalue weighted by Crippen LogP contribution is 2.25. The quantitative estimate of drug-likeness (QED) is 0.644. The lowest BCUT2D eigenvalue weighted by Gasteiger charge is -2.08. The zero-order chi connectivity index (χ0) is 14.7. The van der Waals surface area contributed by atoms with Gasteiger partial charge in [-0.25, -0.2) is 4.39 Å². The highest BCUT2D eigenvalue weighted by molar-refractivity contribution is 6.04. The summed E-state index contributed by atoms with van der Waals surface area (Å²) in [6.45, 7) is 0.0234. The van der Waals surface area contributed by atoms with Gasteiger partial charge < -0.3 is 21.3 Å². The minimum Gasteiger partial charge on any atom is -0.504 e. The Morgan fingerprint density at radius 3 is 2.55 bits per heavy atom. The molecule has 2 aromatic rings. The predicted octanol–water partition coefficient (Wildman–Crippen LogP) is 1.95. The summed E-state index contributed by atoms with van der Waals surface area (Å²) >= 11 is 0. The molecule has 0 spiro atoms. The van der Waals surface area contributed by atoms with Crippen molar-refractivity contribution in [3.8, 4) is 11.5 Å². The third-order valence-corrected chi connectivity index (χ3v) is 2.76. The molecule has 0 saturated heterocycles. The van der Waals surface area contributed by atoms with Crippen molar-refractivity contribution >= 4 is 11.6 Å². The fraction of sp³-hybridized carbons (Fsp3) is 0.0714. The van der Waals surface area contributed by atoms with E-state index < -0.39 is 11.7 Å². The van der Waals surface area contributed by atoms with E-state index in [4.69, 9.17) is 5.73 Å². The van der Waals surface area contributed by atoms with Gasteiger partial charge >= 0.3 is 0 Å². The van der Waals surface area contributed by atoms with Gasteiger partial charge in [0, 0.05) is 23.4 Å². The molecule has 0 aliphatic rings. The van der Waals surface area contributed by atoms with Crippen molar-refractivity contribution in [3.05, 3.63) is 53.3 Å². The topological polar surface area (TPSA) is 95.6 Å². The van der Waals surface area contributed by atoms with E-state index in [0.29, 0.717) is 5.69 Å². The Morgan fingerprint density at radius 2 is 1.90 bits per heavy atom. The van der Waals surface area contributed by atoms with E-state index in [1.54, 1.807) is 0 Å². The maximum atomic E-state index is 13.3. The van der Waals surface area contributed by atoms with Crippen LogP contribution in [0.2, 0.25) is 0 Å².